The third kappa shape index (κ3) is 11.5. The predicted octanol–water partition coefficient (Wildman–Crippen LogP) is 3.32. The molecule has 0 aromatic heterocycles. The normalized spacial score (nSPS) is 13.1. The third-order valence-corrected chi connectivity index (χ3v) is 2.54. The number of unbranched alkanes of at least 4 members (excludes halogenated alkanes) is 2. The fraction of sp³-hybridized carbons (Fsp3) is 0.714. The first-order chi connectivity index (χ1) is 7.81. The summed E-state index contributed by atoms with van der Waals surface area (Å²) < 4.78 is 5.47. The Balaban J connectivity index is 3.16. The molecule has 0 aromatic rings. The Morgan fingerprint density at radius 3 is 2.75 bits per heavy atom. The minimum atomic E-state index is 0.282. The smallest absolute Gasteiger partial charge is 0.0647 e. The summed E-state index contributed by atoms with van der Waals surface area (Å²) in [4.78, 5) is 0. The Hall–Kier alpha value is -0.600. The first-order valence-corrected chi connectivity index (χ1v) is 6.25. The molecule has 0 heterocycles. The second kappa shape index (κ2) is 12.5. The number of hydrogen-bond donors (Lipinski definition) is 1. The van der Waals surface area contributed by atoms with Gasteiger partial charge in [0.1, 0.15) is 0 Å². The van der Waals surface area contributed by atoms with Gasteiger partial charge in [-0.25, -0.2) is 0 Å². The predicted molar refractivity (Wildman–Crippen MR) is 69.5 cm³/mol. The van der Waals surface area contributed by atoms with Gasteiger partial charge in [-0.15, -0.1) is 6.58 Å². The zero-order valence-electron chi connectivity index (χ0n) is 10.5. The van der Waals surface area contributed by atoms with Gasteiger partial charge in [-0.05, 0) is 38.0 Å². The zero-order valence-corrected chi connectivity index (χ0v) is 10.5. The number of ether oxygens (including phenoxy) is 1. The molecule has 0 fully saturated rings. The monoisotopic (exact) mass is 226 g/mol. The molecule has 2 heteroatoms. The quantitative estimate of drug-likeness (QED) is 0.432. The van der Waals surface area contributed by atoms with E-state index in [0.717, 1.165) is 32.3 Å². The van der Waals surface area contributed by atoms with Gasteiger partial charge in [-0.2, -0.15) is 0 Å². The van der Waals surface area contributed by atoms with E-state index in [1.807, 2.05) is 6.08 Å². The van der Waals surface area contributed by atoms with Crippen LogP contribution in [0.2, 0.25) is 0 Å². The highest BCUT2D eigenvalue weighted by Gasteiger charge is 1.99. The molecule has 94 valence electrons. The van der Waals surface area contributed by atoms with Crippen LogP contribution >= 0.6 is 0 Å². The molecular formula is C14H26O2. The van der Waals surface area contributed by atoms with Crippen LogP contribution in [0, 0.1) is 5.92 Å². The average Bonchev–Trinajstić information content (AvgIpc) is 2.27. The number of aliphatic hydroxyl groups is 1. The van der Waals surface area contributed by atoms with Crippen LogP contribution in [0.15, 0.2) is 24.8 Å². The first-order valence-electron chi connectivity index (χ1n) is 6.25. The van der Waals surface area contributed by atoms with E-state index in [2.05, 4.69) is 25.7 Å². The lowest BCUT2D eigenvalue weighted by Crippen LogP contribution is -2.03. The van der Waals surface area contributed by atoms with Crippen molar-refractivity contribution in [3.8, 4) is 0 Å². The highest BCUT2D eigenvalue weighted by Crippen LogP contribution is 2.06. The lowest BCUT2D eigenvalue weighted by molar-refractivity contribution is 0.141. The standard InChI is InChI=1S/C14H26O2/c1-3-4-5-6-7-8-12-16-13-10-14(2)9-11-15/h3,7-8,14-15H,1,4-6,9-13H2,2H3. The van der Waals surface area contributed by atoms with Crippen molar-refractivity contribution in [3.05, 3.63) is 24.8 Å². The van der Waals surface area contributed by atoms with Crippen molar-refractivity contribution in [2.24, 2.45) is 5.92 Å². The van der Waals surface area contributed by atoms with Gasteiger partial charge >= 0.3 is 0 Å². The number of aliphatic hydroxyl groups excluding tert-OH is 1. The van der Waals surface area contributed by atoms with E-state index < -0.39 is 0 Å². The number of hydrogen-bond acceptors (Lipinski definition) is 2. The maximum atomic E-state index is 8.72. The molecule has 0 saturated heterocycles. The second-order valence-electron chi connectivity index (χ2n) is 4.17. The van der Waals surface area contributed by atoms with Gasteiger partial charge in [0.2, 0.25) is 0 Å². The topological polar surface area (TPSA) is 29.5 Å². The number of allylic oxidation sites excluding steroid dienone is 2. The average molecular weight is 226 g/mol. The molecular weight excluding hydrogens is 200 g/mol. The lowest BCUT2D eigenvalue weighted by Gasteiger charge is -2.08. The van der Waals surface area contributed by atoms with Crippen molar-refractivity contribution in [1.82, 2.24) is 0 Å². The Bertz CT molecular complexity index is 176. The van der Waals surface area contributed by atoms with Crippen molar-refractivity contribution in [3.63, 3.8) is 0 Å². The molecule has 0 spiro atoms. The molecule has 16 heavy (non-hydrogen) atoms. The van der Waals surface area contributed by atoms with Crippen LogP contribution in [0.5, 0.6) is 0 Å². The van der Waals surface area contributed by atoms with E-state index in [1.165, 1.54) is 6.42 Å². The van der Waals surface area contributed by atoms with Gasteiger partial charge in [0.05, 0.1) is 6.61 Å². The molecule has 0 aliphatic carbocycles. The molecule has 0 aromatic carbocycles. The molecule has 0 bridgehead atoms. The molecule has 0 saturated carbocycles. The Kier molecular flexibility index (Phi) is 12.0. The molecule has 0 radical (unpaired) electrons. The van der Waals surface area contributed by atoms with E-state index in [1.54, 1.807) is 0 Å². The van der Waals surface area contributed by atoms with Crippen LogP contribution < -0.4 is 0 Å². The minimum absolute atomic E-state index is 0.282. The molecule has 1 unspecified atom stereocenters. The summed E-state index contributed by atoms with van der Waals surface area (Å²) in [6.07, 6.45) is 11.5. The summed E-state index contributed by atoms with van der Waals surface area (Å²) in [6.45, 7) is 7.61. The maximum Gasteiger partial charge on any atom is 0.0647 e. The van der Waals surface area contributed by atoms with E-state index in [0.29, 0.717) is 12.5 Å². The van der Waals surface area contributed by atoms with Crippen molar-refractivity contribution < 1.29 is 9.84 Å². The maximum absolute atomic E-state index is 8.72. The molecule has 0 aliphatic heterocycles. The van der Waals surface area contributed by atoms with Gasteiger partial charge < -0.3 is 9.84 Å². The Morgan fingerprint density at radius 2 is 2.06 bits per heavy atom. The summed E-state index contributed by atoms with van der Waals surface area (Å²) in [5.74, 6) is 0.557. The van der Waals surface area contributed by atoms with E-state index >= 15 is 0 Å². The van der Waals surface area contributed by atoms with Crippen molar-refractivity contribution in [2.45, 2.75) is 39.0 Å². The summed E-state index contributed by atoms with van der Waals surface area (Å²) >= 11 is 0. The molecule has 0 rings (SSSR count). The summed E-state index contributed by atoms with van der Waals surface area (Å²) in [7, 11) is 0. The van der Waals surface area contributed by atoms with Gasteiger partial charge in [-0.3, -0.25) is 0 Å². The molecule has 1 atom stereocenters. The van der Waals surface area contributed by atoms with Gasteiger partial charge in [-0.1, -0.05) is 25.2 Å². The second-order valence-corrected chi connectivity index (χ2v) is 4.17. The number of rotatable bonds is 11. The van der Waals surface area contributed by atoms with E-state index in [-0.39, 0.29) is 6.61 Å². The fourth-order valence-corrected chi connectivity index (χ4v) is 1.37. The lowest BCUT2D eigenvalue weighted by atomic mass is 10.1. The summed E-state index contributed by atoms with van der Waals surface area (Å²) in [5.41, 5.74) is 0. The summed E-state index contributed by atoms with van der Waals surface area (Å²) in [6, 6.07) is 0. The van der Waals surface area contributed by atoms with Gasteiger partial charge in [0.15, 0.2) is 0 Å². The van der Waals surface area contributed by atoms with Gasteiger partial charge in [0.25, 0.3) is 0 Å². The molecule has 0 amide bonds. The Labute approximate surface area is 100 Å². The van der Waals surface area contributed by atoms with Crippen molar-refractivity contribution in [1.29, 1.82) is 0 Å². The minimum Gasteiger partial charge on any atom is -0.396 e. The largest absolute Gasteiger partial charge is 0.396 e. The van der Waals surface area contributed by atoms with Crippen LogP contribution in [0.4, 0.5) is 0 Å². The van der Waals surface area contributed by atoms with E-state index in [9.17, 15) is 0 Å². The van der Waals surface area contributed by atoms with E-state index in [4.69, 9.17) is 9.84 Å². The highest BCUT2D eigenvalue weighted by atomic mass is 16.5. The molecule has 2 nitrogen and oxygen atoms in total. The van der Waals surface area contributed by atoms with Crippen molar-refractivity contribution in [2.75, 3.05) is 19.8 Å². The fourth-order valence-electron chi connectivity index (χ4n) is 1.37. The first kappa shape index (κ1) is 15.4. The molecule has 0 aliphatic rings. The SMILES string of the molecule is C=CCCCC=CCOCCC(C)CCO. The zero-order chi connectivity index (χ0) is 12.1. The van der Waals surface area contributed by atoms with Crippen molar-refractivity contribution >= 4 is 0 Å². The van der Waals surface area contributed by atoms with Crippen LogP contribution in [0.3, 0.4) is 0 Å². The van der Waals surface area contributed by atoms with Crippen LogP contribution in [-0.4, -0.2) is 24.9 Å². The molecule has 1 N–H and O–H groups in total. The van der Waals surface area contributed by atoms with Crippen LogP contribution in [0.25, 0.3) is 0 Å². The van der Waals surface area contributed by atoms with Gasteiger partial charge in [0, 0.05) is 13.2 Å². The Morgan fingerprint density at radius 1 is 1.25 bits per heavy atom. The third-order valence-electron chi connectivity index (χ3n) is 2.54. The highest BCUT2D eigenvalue weighted by molar-refractivity contribution is 4.82. The van der Waals surface area contributed by atoms with Crippen LogP contribution in [-0.2, 0) is 4.74 Å². The van der Waals surface area contributed by atoms with Crippen LogP contribution in [0.1, 0.15) is 39.0 Å². The summed E-state index contributed by atoms with van der Waals surface area (Å²) in [5, 5.41) is 8.72.